The molecule has 0 saturated carbocycles. The molecule has 1 amide bonds. The molecule has 9 nitrogen and oxygen atoms in total. The molecule has 0 aliphatic carbocycles. The highest BCUT2D eigenvalue weighted by molar-refractivity contribution is 7.89. The Morgan fingerprint density at radius 1 is 0.882 bits per heavy atom. The predicted molar refractivity (Wildman–Crippen MR) is 129 cm³/mol. The number of aromatic nitrogens is 2. The van der Waals surface area contributed by atoms with E-state index in [1.54, 1.807) is 12.1 Å². The Hall–Kier alpha value is -3.73. The van der Waals surface area contributed by atoms with Crippen LogP contribution in [-0.4, -0.2) is 23.5 Å². The zero-order valence-electron chi connectivity index (χ0n) is 17.6. The maximum Gasteiger partial charge on any atom is 0.317 e. The number of carbonyl (C=O) groups excluding carboxylic acids is 1. The summed E-state index contributed by atoms with van der Waals surface area (Å²) in [6.45, 7) is -0.322. The molecule has 4 rings (SSSR count). The van der Waals surface area contributed by atoms with Crippen molar-refractivity contribution in [1.82, 2.24) is 9.13 Å². The third-order valence-electron chi connectivity index (χ3n) is 5.12. The SMILES string of the molecule is NS(=O)(=O)c1cccc(NC(=O)Cn2c(=O)c(=O)n(Cc3ccccc3)c3ccc(Cl)cc32)c1. The summed E-state index contributed by atoms with van der Waals surface area (Å²) in [5.74, 6) is -0.643. The van der Waals surface area contributed by atoms with Crippen molar-refractivity contribution in [3.8, 4) is 0 Å². The van der Waals surface area contributed by atoms with Crippen LogP contribution in [0.3, 0.4) is 0 Å². The van der Waals surface area contributed by atoms with Gasteiger partial charge in [0.15, 0.2) is 0 Å². The number of sulfonamides is 1. The fourth-order valence-corrected chi connectivity index (χ4v) is 4.29. The molecule has 4 aromatic rings. The van der Waals surface area contributed by atoms with Crippen molar-refractivity contribution < 1.29 is 13.2 Å². The number of anilines is 1. The summed E-state index contributed by atoms with van der Waals surface area (Å²) in [4.78, 5) is 38.5. The lowest BCUT2D eigenvalue weighted by atomic mass is 10.2. The number of rotatable bonds is 6. The van der Waals surface area contributed by atoms with Crippen LogP contribution in [0.5, 0.6) is 0 Å². The van der Waals surface area contributed by atoms with Gasteiger partial charge in [-0.15, -0.1) is 0 Å². The smallest absolute Gasteiger partial charge is 0.317 e. The van der Waals surface area contributed by atoms with Crippen LogP contribution in [0.2, 0.25) is 5.02 Å². The number of carbonyl (C=O) groups is 1. The molecular weight excluding hydrogens is 480 g/mol. The average molecular weight is 499 g/mol. The quantitative estimate of drug-likeness (QED) is 0.393. The van der Waals surface area contributed by atoms with Crippen LogP contribution < -0.4 is 21.6 Å². The molecule has 0 radical (unpaired) electrons. The lowest BCUT2D eigenvalue weighted by Gasteiger charge is -2.15. The molecule has 0 spiro atoms. The van der Waals surface area contributed by atoms with Crippen LogP contribution in [0.15, 0.2) is 87.3 Å². The molecule has 0 aliphatic heterocycles. The second kappa shape index (κ2) is 9.26. The van der Waals surface area contributed by atoms with Crippen LogP contribution in [0, 0.1) is 0 Å². The largest absolute Gasteiger partial charge is 0.324 e. The number of primary sulfonamides is 1. The molecule has 174 valence electrons. The first-order valence-corrected chi connectivity index (χ1v) is 12.0. The van der Waals surface area contributed by atoms with Gasteiger partial charge < -0.3 is 5.32 Å². The van der Waals surface area contributed by atoms with Gasteiger partial charge in [-0.05, 0) is 42.0 Å². The molecule has 34 heavy (non-hydrogen) atoms. The molecule has 3 aromatic carbocycles. The minimum Gasteiger partial charge on any atom is -0.324 e. The van der Waals surface area contributed by atoms with E-state index < -0.39 is 33.6 Å². The van der Waals surface area contributed by atoms with Crippen molar-refractivity contribution >= 4 is 44.3 Å². The summed E-state index contributed by atoms with van der Waals surface area (Å²) in [7, 11) is -3.96. The van der Waals surface area contributed by atoms with E-state index in [0.717, 1.165) is 10.1 Å². The van der Waals surface area contributed by atoms with Crippen LogP contribution in [0.25, 0.3) is 11.0 Å². The molecule has 0 bridgehead atoms. The molecule has 0 aliphatic rings. The van der Waals surface area contributed by atoms with Crippen LogP contribution in [-0.2, 0) is 27.9 Å². The van der Waals surface area contributed by atoms with E-state index in [9.17, 15) is 22.8 Å². The number of nitrogens with zero attached hydrogens (tertiary/aromatic N) is 2. The Morgan fingerprint density at radius 3 is 2.29 bits per heavy atom. The number of halogens is 1. The van der Waals surface area contributed by atoms with Crippen LogP contribution in [0.1, 0.15) is 5.56 Å². The number of benzene rings is 3. The topological polar surface area (TPSA) is 133 Å². The Kier molecular flexibility index (Phi) is 6.38. The molecule has 3 N–H and O–H groups in total. The predicted octanol–water partition coefficient (Wildman–Crippen LogP) is 2.15. The fraction of sp³-hybridized carbons (Fsp3) is 0.0870. The van der Waals surface area contributed by atoms with Crippen molar-refractivity contribution in [2.24, 2.45) is 5.14 Å². The van der Waals surface area contributed by atoms with Gasteiger partial charge in [0, 0.05) is 10.7 Å². The molecule has 0 saturated heterocycles. The standard InChI is InChI=1S/C23H19ClN4O5S/c24-16-9-10-19-20(11-16)28(23(31)22(30)27(19)13-15-5-2-1-3-6-15)14-21(29)26-17-7-4-8-18(12-17)34(25,32)33/h1-12H,13-14H2,(H,26,29)(H2,25,32,33). The highest BCUT2D eigenvalue weighted by atomic mass is 35.5. The third-order valence-corrected chi connectivity index (χ3v) is 6.27. The van der Waals surface area contributed by atoms with Gasteiger partial charge in [0.2, 0.25) is 15.9 Å². The van der Waals surface area contributed by atoms with E-state index in [1.165, 1.54) is 34.9 Å². The molecule has 0 fully saturated rings. The summed E-state index contributed by atoms with van der Waals surface area (Å²) in [5, 5.41) is 7.98. The summed E-state index contributed by atoms with van der Waals surface area (Å²) in [5.41, 5.74) is 0.0555. The number of nitrogens with two attached hydrogens (primary N) is 1. The van der Waals surface area contributed by atoms with Crippen molar-refractivity contribution in [1.29, 1.82) is 0 Å². The summed E-state index contributed by atoms with van der Waals surface area (Å²) in [6.07, 6.45) is 0. The Labute approximate surface area is 199 Å². The maximum atomic E-state index is 13.0. The van der Waals surface area contributed by atoms with Gasteiger partial charge in [-0.1, -0.05) is 48.0 Å². The van der Waals surface area contributed by atoms with Gasteiger partial charge in [-0.25, -0.2) is 13.6 Å². The first-order chi connectivity index (χ1) is 16.1. The van der Waals surface area contributed by atoms with Crippen molar-refractivity contribution in [2.75, 3.05) is 5.32 Å². The van der Waals surface area contributed by atoms with Gasteiger partial charge in [-0.2, -0.15) is 0 Å². The lowest BCUT2D eigenvalue weighted by Crippen LogP contribution is -2.43. The molecule has 1 heterocycles. The van der Waals surface area contributed by atoms with Gasteiger partial charge >= 0.3 is 11.1 Å². The van der Waals surface area contributed by atoms with E-state index in [4.69, 9.17) is 16.7 Å². The van der Waals surface area contributed by atoms with Gasteiger partial charge in [0.05, 0.1) is 22.5 Å². The molecule has 0 atom stereocenters. The third kappa shape index (κ3) is 4.93. The number of hydrogen-bond acceptors (Lipinski definition) is 5. The van der Waals surface area contributed by atoms with Gasteiger partial charge in [0.1, 0.15) is 6.54 Å². The Morgan fingerprint density at radius 2 is 1.59 bits per heavy atom. The highest BCUT2D eigenvalue weighted by Crippen LogP contribution is 2.19. The van der Waals surface area contributed by atoms with Gasteiger partial charge in [0.25, 0.3) is 0 Å². The Bertz CT molecular complexity index is 1630. The van der Waals surface area contributed by atoms with E-state index in [1.807, 2.05) is 30.3 Å². The first kappa shape index (κ1) is 23.4. The number of amides is 1. The number of nitrogens with one attached hydrogen (secondary N) is 1. The van der Waals surface area contributed by atoms with Crippen LogP contribution in [0.4, 0.5) is 5.69 Å². The summed E-state index contributed by atoms with van der Waals surface area (Å²) >= 11 is 6.15. The van der Waals surface area contributed by atoms with Crippen molar-refractivity contribution in [3.05, 3.63) is 104 Å². The Balaban J connectivity index is 1.73. The minimum atomic E-state index is -3.96. The van der Waals surface area contributed by atoms with E-state index in [-0.39, 0.29) is 17.1 Å². The normalized spacial score (nSPS) is 11.5. The monoisotopic (exact) mass is 498 g/mol. The second-order valence-electron chi connectivity index (χ2n) is 7.52. The highest BCUT2D eigenvalue weighted by Gasteiger charge is 2.17. The van der Waals surface area contributed by atoms with E-state index in [0.29, 0.717) is 16.1 Å². The molecule has 0 unspecified atom stereocenters. The zero-order valence-corrected chi connectivity index (χ0v) is 19.2. The number of hydrogen-bond donors (Lipinski definition) is 2. The first-order valence-electron chi connectivity index (χ1n) is 10.0. The summed E-state index contributed by atoms with van der Waals surface area (Å²) < 4.78 is 25.5. The lowest BCUT2D eigenvalue weighted by molar-refractivity contribution is -0.116. The second-order valence-corrected chi connectivity index (χ2v) is 9.52. The minimum absolute atomic E-state index is 0.167. The summed E-state index contributed by atoms with van der Waals surface area (Å²) in [6, 6.07) is 19.3. The van der Waals surface area contributed by atoms with E-state index in [2.05, 4.69) is 5.32 Å². The maximum absolute atomic E-state index is 13.0. The molecule has 1 aromatic heterocycles. The zero-order chi connectivity index (χ0) is 24.5. The number of fused-ring (bicyclic) bond motifs is 1. The van der Waals surface area contributed by atoms with Crippen molar-refractivity contribution in [2.45, 2.75) is 18.0 Å². The average Bonchev–Trinajstić information content (AvgIpc) is 2.80. The van der Waals surface area contributed by atoms with Crippen LogP contribution >= 0.6 is 11.6 Å². The fourth-order valence-electron chi connectivity index (χ4n) is 3.57. The molecule has 11 heteroatoms. The molecular formula is C23H19ClN4O5S. The van der Waals surface area contributed by atoms with Gasteiger partial charge in [-0.3, -0.25) is 23.5 Å². The van der Waals surface area contributed by atoms with E-state index >= 15 is 0 Å². The van der Waals surface area contributed by atoms with Crippen molar-refractivity contribution in [3.63, 3.8) is 0 Å².